The second-order valence-corrected chi connectivity index (χ2v) is 5.57. The summed E-state index contributed by atoms with van der Waals surface area (Å²) in [6.07, 6.45) is 3.53. The van der Waals surface area contributed by atoms with Crippen LogP contribution in [-0.2, 0) is 16.6 Å². The van der Waals surface area contributed by atoms with Crippen molar-refractivity contribution in [3.8, 4) is 11.1 Å². The molecule has 0 spiro atoms. The highest BCUT2D eigenvalue weighted by atomic mass is 16.5. The molecule has 1 aliphatic rings. The molecule has 3 aromatic rings. The molecule has 0 saturated carbocycles. The quantitative estimate of drug-likeness (QED) is 0.755. The van der Waals surface area contributed by atoms with Gasteiger partial charge < -0.3 is 10.1 Å². The molecule has 0 unspecified atom stereocenters. The fourth-order valence-corrected chi connectivity index (χ4v) is 2.47. The Hall–Kier alpha value is -2.84. The van der Waals surface area contributed by atoms with Gasteiger partial charge in [-0.25, -0.2) is 0 Å². The summed E-state index contributed by atoms with van der Waals surface area (Å²) < 4.78 is 68.8. The molecule has 3 heterocycles. The summed E-state index contributed by atoms with van der Waals surface area (Å²) in [7, 11) is 1.79. The molecule has 8 nitrogen and oxygen atoms in total. The van der Waals surface area contributed by atoms with Gasteiger partial charge in [0.15, 0.2) is 5.82 Å². The van der Waals surface area contributed by atoms with Crippen molar-refractivity contribution in [2.45, 2.75) is 0 Å². The van der Waals surface area contributed by atoms with Gasteiger partial charge in [-0.3, -0.25) is 14.4 Å². The van der Waals surface area contributed by atoms with Crippen molar-refractivity contribution >= 4 is 22.6 Å². The molecule has 0 bridgehead atoms. The van der Waals surface area contributed by atoms with Gasteiger partial charge in [0.1, 0.15) is 0 Å². The number of carbonyl (C=O) groups excluding carboxylic acids is 1. The Balaban J connectivity index is 1.58. The number of amides is 1. The van der Waals surface area contributed by atoms with Crippen LogP contribution >= 0.6 is 0 Å². The fourth-order valence-electron chi connectivity index (χ4n) is 2.47. The number of fused-ring (bicyclic) bond motifs is 1. The largest absolute Gasteiger partial charge is 0.379 e. The number of hydrogen-bond acceptors (Lipinski definition) is 6. The van der Waals surface area contributed by atoms with Crippen LogP contribution in [0, 0.1) is 0 Å². The van der Waals surface area contributed by atoms with E-state index in [-0.39, 0.29) is 10.7 Å². The molecule has 1 N–H and O–H groups in total. The highest BCUT2D eigenvalue weighted by Crippen LogP contribution is 2.24. The zero-order valence-corrected chi connectivity index (χ0v) is 13.7. The van der Waals surface area contributed by atoms with Gasteiger partial charge >= 0.3 is 0 Å². The number of nitrogens with one attached hydrogen (secondary N) is 1. The van der Waals surface area contributed by atoms with Gasteiger partial charge in [0.05, 0.1) is 36.9 Å². The number of rotatable bonds is 4. The van der Waals surface area contributed by atoms with Crippen molar-refractivity contribution in [1.82, 2.24) is 24.9 Å². The van der Waals surface area contributed by atoms with Crippen LogP contribution in [0.2, 0.25) is 0 Å². The van der Waals surface area contributed by atoms with Crippen LogP contribution in [0.15, 0.2) is 36.7 Å². The van der Waals surface area contributed by atoms with Gasteiger partial charge in [-0.2, -0.15) is 5.10 Å². The van der Waals surface area contributed by atoms with Crippen molar-refractivity contribution in [2.75, 3.05) is 38.0 Å². The molecule has 1 saturated heterocycles. The first-order chi connectivity index (χ1) is 15.6. The second-order valence-electron chi connectivity index (χ2n) is 5.57. The first kappa shape index (κ1) is 9.75. The normalized spacial score (nSPS) is 27.6. The summed E-state index contributed by atoms with van der Waals surface area (Å²) in [6, 6.07) is 6.94. The average molecular weight is 360 g/mol. The number of benzene rings is 1. The van der Waals surface area contributed by atoms with Crippen LogP contribution in [0.1, 0.15) is 11.0 Å². The molecular weight excluding hydrogens is 332 g/mol. The molecule has 0 aliphatic carbocycles. The number of anilines is 1. The molecule has 26 heavy (non-hydrogen) atoms. The van der Waals surface area contributed by atoms with Crippen LogP contribution in [-0.4, -0.2) is 63.4 Å². The van der Waals surface area contributed by atoms with Crippen molar-refractivity contribution in [3.05, 3.63) is 36.7 Å². The molecule has 0 radical (unpaired) electrons. The molecule has 1 aromatic carbocycles. The number of hydrogen-bond donors (Lipinski definition) is 1. The monoisotopic (exact) mass is 360 g/mol. The van der Waals surface area contributed by atoms with Crippen LogP contribution < -0.4 is 5.32 Å². The van der Waals surface area contributed by atoms with E-state index in [0.29, 0.717) is 10.9 Å². The number of aromatic nitrogens is 4. The molecule has 4 rings (SSSR count). The SMILES string of the molecule is [2H]C1([2H])OC([2H])([2H])C([2H])([2H])N(CC(=O)Nc2cc3cc(-c4cnn(C)c4)ccc3nn2)C1([2H])[2H]. The summed E-state index contributed by atoms with van der Waals surface area (Å²) in [5.41, 5.74) is 2.27. The first-order valence-electron chi connectivity index (χ1n) is 11.7. The minimum Gasteiger partial charge on any atom is -0.379 e. The van der Waals surface area contributed by atoms with Crippen LogP contribution in [0.25, 0.3) is 22.0 Å². The summed E-state index contributed by atoms with van der Waals surface area (Å²) in [6.45, 7) is -13.8. The zero-order chi connectivity index (χ0) is 25.1. The lowest BCUT2D eigenvalue weighted by Crippen LogP contribution is -2.41. The standard InChI is InChI=1S/C18H20N6O2/c1-23-11-15(10-19-23)13-2-3-16-14(8-13)9-17(22-21-16)20-18(25)12-24-4-6-26-7-5-24/h2-3,8-11H,4-7,12H2,1H3,(H,20,22,25)/i4D2,5D2,6D2,7D2. The molecular formula is C18H20N6O2. The summed E-state index contributed by atoms with van der Waals surface area (Å²) in [5, 5.41) is 15.1. The van der Waals surface area contributed by atoms with Crippen molar-refractivity contribution in [1.29, 1.82) is 0 Å². The van der Waals surface area contributed by atoms with E-state index in [1.165, 1.54) is 6.07 Å². The third-order valence-electron chi connectivity index (χ3n) is 3.66. The van der Waals surface area contributed by atoms with E-state index in [0.717, 1.165) is 11.1 Å². The lowest BCUT2D eigenvalue weighted by atomic mass is 10.1. The number of morpholine rings is 1. The lowest BCUT2D eigenvalue weighted by Gasteiger charge is -2.25. The third kappa shape index (κ3) is 3.71. The number of carbonyl (C=O) groups is 1. The summed E-state index contributed by atoms with van der Waals surface area (Å²) in [5.74, 6) is -0.945. The van der Waals surface area contributed by atoms with E-state index in [1.807, 2.05) is 18.3 Å². The van der Waals surface area contributed by atoms with Crippen molar-refractivity contribution in [2.24, 2.45) is 7.05 Å². The van der Waals surface area contributed by atoms with E-state index in [2.05, 4.69) is 25.3 Å². The Bertz CT molecular complexity index is 1240. The van der Waals surface area contributed by atoms with Gasteiger partial charge in [-0.05, 0) is 23.8 Å². The van der Waals surface area contributed by atoms with Gasteiger partial charge in [-0.1, -0.05) is 6.07 Å². The Morgan fingerprint density at radius 2 is 2.12 bits per heavy atom. The predicted molar refractivity (Wildman–Crippen MR) is 97.6 cm³/mol. The van der Waals surface area contributed by atoms with E-state index in [1.54, 1.807) is 24.0 Å². The van der Waals surface area contributed by atoms with Gasteiger partial charge in [0, 0.05) is 42.7 Å². The topological polar surface area (TPSA) is 85.2 Å². The fraction of sp³-hybridized carbons (Fsp3) is 0.333. The molecule has 1 fully saturated rings. The molecule has 8 heteroatoms. The molecule has 0 atom stereocenters. The summed E-state index contributed by atoms with van der Waals surface area (Å²) >= 11 is 0. The maximum Gasteiger partial charge on any atom is 0.239 e. The van der Waals surface area contributed by atoms with Gasteiger partial charge in [0.25, 0.3) is 0 Å². The Labute approximate surface area is 162 Å². The maximum atomic E-state index is 12.7. The zero-order valence-electron chi connectivity index (χ0n) is 21.7. The highest BCUT2D eigenvalue weighted by molar-refractivity contribution is 5.93. The van der Waals surface area contributed by atoms with Gasteiger partial charge in [0.2, 0.25) is 5.91 Å². The third-order valence-corrected chi connectivity index (χ3v) is 3.66. The number of ether oxygens (including phenoxy) is 1. The molecule has 134 valence electrons. The van der Waals surface area contributed by atoms with Crippen LogP contribution in [0.3, 0.4) is 0 Å². The predicted octanol–water partition coefficient (Wildman–Crippen LogP) is 1.30. The number of aryl methyl sites for hydroxylation is 1. The molecule has 1 aliphatic heterocycles. The highest BCUT2D eigenvalue weighted by Gasteiger charge is 2.15. The minimum absolute atomic E-state index is 0.00115. The van der Waals surface area contributed by atoms with E-state index < -0.39 is 38.6 Å². The van der Waals surface area contributed by atoms with Gasteiger partial charge in [-0.15, -0.1) is 10.2 Å². The van der Waals surface area contributed by atoms with E-state index >= 15 is 0 Å². The Kier molecular flexibility index (Phi) is 2.69. The van der Waals surface area contributed by atoms with Crippen LogP contribution in [0.4, 0.5) is 5.82 Å². The van der Waals surface area contributed by atoms with Crippen LogP contribution in [0.5, 0.6) is 0 Å². The Morgan fingerprint density at radius 1 is 1.27 bits per heavy atom. The van der Waals surface area contributed by atoms with Crippen molar-refractivity contribution < 1.29 is 20.5 Å². The molecule has 2 aromatic heterocycles. The average Bonchev–Trinajstić information content (AvgIpc) is 3.16. The smallest absolute Gasteiger partial charge is 0.239 e. The number of nitrogens with zero attached hydrogens (tertiary/aromatic N) is 5. The lowest BCUT2D eigenvalue weighted by molar-refractivity contribution is -0.118. The molecule has 1 amide bonds. The first-order valence-corrected chi connectivity index (χ1v) is 7.68. The van der Waals surface area contributed by atoms with E-state index in [4.69, 9.17) is 11.0 Å². The second kappa shape index (κ2) is 7.19. The maximum absolute atomic E-state index is 12.7. The van der Waals surface area contributed by atoms with Crippen molar-refractivity contribution in [3.63, 3.8) is 0 Å². The van der Waals surface area contributed by atoms with E-state index in [9.17, 15) is 4.79 Å². The minimum atomic E-state index is -3.23. The Morgan fingerprint density at radius 3 is 2.88 bits per heavy atom. The summed E-state index contributed by atoms with van der Waals surface area (Å²) in [4.78, 5) is 12.8.